The van der Waals surface area contributed by atoms with Crippen LogP contribution < -0.4 is 5.32 Å². The van der Waals surface area contributed by atoms with Gasteiger partial charge in [-0.15, -0.1) is 0 Å². The van der Waals surface area contributed by atoms with E-state index in [1.54, 1.807) is 0 Å². The SMILES string of the molecule is CS(=O)(=O)CC(=O)N[C@@H]1CCCC[C@H]1O. The van der Waals surface area contributed by atoms with Crippen molar-refractivity contribution in [1.82, 2.24) is 5.32 Å². The number of nitrogens with one attached hydrogen (secondary N) is 1. The van der Waals surface area contributed by atoms with Crippen molar-refractivity contribution in [3.63, 3.8) is 0 Å². The van der Waals surface area contributed by atoms with E-state index in [-0.39, 0.29) is 6.04 Å². The van der Waals surface area contributed by atoms with Gasteiger partial charge in [0.25, 0.3) is 0 Å². The number of aliphatic hydroxyl groups is 1. The fourth-order valence-electron chi connectivity index (χ4n) is 1.77. The number of amides is 1. The Bertz CT molecular complexity index is 325. The molecule has 0 aromatic heterocycles. The van der Waals surface area contributed by atoms with E-state index in [4.69, 9.17) is 0 Å². The third-order valence-electron chi connectivity index (χ3n) is 2.47. The van der Waals surface area contributed by atoms with Gasteiger partial charge in [0.05, 0.1) is 12.1 Å². The monoisotopic (exact) mass is 235 g/mol. The Hall–Kier alpha value is -0.620. The van der Waals surface area contributed by atoms with Gasteiger partial charge in [-0.3, -0.25) is 4.79 Å². The Morgan fingerprint density at radius 2 is 2.00 bits per heavy atom. The molecule has 15 heavy (non-hydrogen) atoms. The predicted molar refractivity (Wildman–Crippen MR) is 56.1 cm³/mol. The Morgan fingerprint density at radius 1 is 1.40 bits per heavy atom. The number of rotatable bonds is 3. The number of hydrogen-bond acceptors (Lipinski definition) is 4. The molecule has 6 heteroatoms. The number of carbonyl (C=O) groups excluding carboxylic acids is 1. The maximum Gasteiger partial charge on any atom is 0.235 e. The molecule has 1 fully saturated rings. The molecule has 0 aliphatic heterocycles. The van der Waals surface area contributed by atoms with E-state index in [0.717, 1.165) is 25.5 Å². The van der Waals surface area contributed by atoms with Crippen LogP contribution in [-0.4, -0.2) is 43.6 Å². The summed E-state index contributed by atoms with van der Waals surface area (Å²) in [5, 5.41) is 12.1. The molecule has 0 radical (unpaired) electrons. The highest BCUT2D eigenvalue weighted by molar-refractivity contribution is 7.91. The van der Waals surface area contributed by atoms with Crippen LogP contribution in [0.15, 0.2) is 0 Å². The third-order valence-corrected chi connectivity index (χ3v) is 3.26. The lowest BCUT2D eigenvalue weighted by Gasteiger charge is -2.28. The van der Waals surface area contributed by atoms with Crippen molar-refractivity contribution < 1.29 is 18.3 Å². The molecule has 1 saturated carbocycles. The molecule has 2 N–H and O–H groups in total. The zero-order valence-corrected chi connectivity index (χ0v) is 9.59. The molecule has 1 aliphatic rings. The first kappa shape index (κ1) is 12.4. The summed E-state index contributed by atoms with van der Waals surface area (Å²) in [6.45, 7) is 0. The average Bonchev–Trinajstić information content (AvgIpc) is 2.05. The van der Waals surface area contributed by atoms with Gasteiger partial charge >= 0.3 is 0 Å². The van der Waals surface area contributed by atoms with Crippen LogP contribution in [0.4, 0.5) is 0 Å². The molecule has 0 bridgehead atoms. The molecule has 2 atom stereocenters. The predicted octanol–water partition coefficient (Wildman–Crippen LogP) is -0.549. The van der Waals surface area contributed by atoms with Crippen molar-refractivity contribution in [2.45, 2.75) is 37.8 Å². The summed E-state index contributed by atoms with van der Waals surface area (Å²) >= 11 is 0. The second kappa shape index (κ2) is 4.94. The van der Waals surface area contributed by atoms with Gasteiger partial charge in [-0.25, -0.2) is 8.42 Å². The fourth-order valence-corrected chi connectivity index (χ4v) is 2.33. The van der Waals surface area contributed by atoms with Crippen molar-refractivity contribution in [3.05, 3.63) is 0 Å². The van der Waals surface area contributed by atoms with Gasteiger partial charge in [-0.05, 0) is 12.8 Å². The van der Waals surface area contributed by atoms with Gasteiger partial charge in [0.1, 0.15) is 5.75 Å². The highest BCUT2D eigenvalue weighted by Gasteiger charge is 2.25. The topological polar surface area (TPSA) is 83.5 Å². The molecular formula is C9H17NO4S. The fraction of sp³-hybridized carbons (Fsp3) is 0.889. The van der Waals surface area contributed by atoms with Gasteiger partial charge in [-0.2, -0.15) is 0 Å². The van der Waals surface area contributed by atoms with Gasteiger partial charge in [0.15, 0.2) is 9.84 Å². The molecule has 88 valence electrons. The van der Waals surface area contributed by atoms with E-state index in [1.165, 1.54) is 0 Å². The van der Waals surface area contributed by atoms with Crippen molar-refractivity contribution in [3.8, 4) is 0 Å². The van der Waals surface area contributed by atoms with Crippen LogP contribution in [0.25, 0.3) is 0 Å². The van der Waals surface area contributed by atoms with Crippen molar-refractivity contribution in [2.75, 3.05) is 12.0 Å². The van der Waals surface area contributed by atoms with Crippen LogP contribution in [0.1, 0.15) is 25.7 Å². The normalized spacial score (nSPS) is 27.3. The quantitative estimate of drug-likeness (QED) is 0.687. The number of sulfone groups is 1. The smallest absolute Gasteiger partial charge is 0.235 e. The zero-order chi connectivity index (χ0) is 11.5. The molecule has 1 rings (SSSR count). The first-order valence-electron chi connectivity index (χ1n) is 5.03. The van der Waals surface area contributed by atoms with Gasteiger partial charge in [0, 0.05) is 6.26 Å². The van der Waals surface area contributed by atoms with Crippen LogP contribution in [0.2, 0.25) is 0 Å². The Kier molecular flexibility index (Phi) is 4.10. The maximum atomic E-state index is 11.3. The second-order valence-corrected chi connectivity index (χ2v) is 6.24. The van der Waals surface area contributed by atoms with E-state index in [0.29, 0.717) is 6.42 Å². The van der Waals surface area contributed by atoms with Crippen molar-refractivity contribution in [1.29, 1.82) is 0 Å². The lowest BCUT2D eigenvalue weighted by molar-refractivity contribution is -0.120. The van der Waals surface area contributed by atoms with Crippen LogP contribution in [-0.2, 0) is 14.6 Å². The van der Waals surface area contributed by atoms with E-state index < -0.39 is 27.6 Å². The standard InChI is InChI=1S/C9H17NO4S/c1-15(13,14)6-9(12)10-7-4-2-3-5-8(7)11/h7-8,11H,2-6H2,1H3,(H,10,12)/t7-,8-/m1/s1. The largest absolute Gasteiger partial charge is 0.391 e. The minimum Gasteiger partial charge on any atom is -0.391 e. The van der Waals surface area contributed by atoms with E-state index in [2.05, 4.69) is 5.32 Å². The summed E-state index contributed by atoms with van der Waals surface area (Å²) in [7, 11) is -3.29. The van der Waals surface area contributed by atoms with E-state index in [1.807, 2.05) is 0 Å². The molecule has 0 heterocycles. The number of aliphatic hydroxyl groups excluding tert-OH is 1. The third kappa shape index (κ3) is 4.61. The molecular weight excluding hydrogens is 218 g/mol. The summed E-state index contributed by atoms with van der Waals surface area (Å²) in [4.78, 5) is 11.3. The molecule has 0 saturated heterocycles. The lowest BCUT2D eigenvalue weighted by Crippen LogP contribution is -2.46. The summed E-state index contributed by atoms with van der Waals surface area (Å²) in [5.74, 6) is -1.03. The number of hydrogen-bond donors (Lipinski definition) is 2. The minimum absolute atomic E-state index is 0.284. The maximum absolute atomic E-state index is 11.3. The highest BCUT2D eigenvalue weighted by atomic mass is 32.2. The Labute approximate surface area is 89.8 Å². The second-order valence-electron chi connectivity index (χ2n) is 4.10. The first-order chi connectivity index (χ1) is 6.88. The van der Waals surface area contributed by atoms with Crippen LogP contribution in [0, 0.1) is 0 Å². The van der Waals surface area contributed by atoms with Gasteiger partial charge in [0.2, 0.25) is 5.91 Å². The average molecular weight is 235 g/mol. The molecule has 0 aromatic rings. The Balaban J connectivity index is 2.43. The summed E-state index contributed by atoms with van der Waals surface area (Å²) in [5.41, 5.74) is 0. The molecule has 5 nitrogen and oxygen atoms in total. The summed E-state index contributed by atoms with van der Waals surface area (Å²) < 4.78 is 21.7. The van der Waals surface area contributed by atoms with E-state index in [9.17, 15) is 18.3 Å². The molecule has 1 aliphatic carbocycles. The van der Waals surface area contributed by atoms with Crippen LogP contribution in [0.5, 0.6) is 0 Å². The summed E-state index contributed by atoms with van der Waals surface area (Å²) in [6, 6.07) is -0.284. The Morgan fingerprint density at radius 3 is 2.53 bits per heavy atom. The molecule has 0 aromatic carbocycles. The zero-order valence-electron chi connectivity index (χ0n) is 8.77. The first-order valence-corrected chi connectivity index (χ1v) is 7.10. The molecule has 0 spiro atoms. The van der Waals surface area contributed by atoms with Crippen molar-refractivity contribution >= 4 is 15.7 Å². The lowest BCUT2D eigenvalue weighted by atomic mass is 9.93. The highest BCUT2D eigenvalue weighted by Crippen LogP contribution is 2.18. The number of carbonyl (C=O) groups is 1. The van der Waals surface area contributed by atoms with Gasteiger partial charge < -0.3 is 10.4 Å². The van der Waals surface area contributed by atoms with Crippen LogP contribution >= 0.6 is 0 Å². The van der Waals surface area contributed by atoms with E-state index >= 15 is 0 Å². The van der Waals surface area contributed by atoms with Gasteiger partial charge in [-0.1, -0.05) is 12.8 Å². The minimum atomic E-state index is -3.29. The van der Waals surface area contributed by atoms with Crippen molar-refractivity contribution in [2.24, 2.45) is 0 Å². The summed E-state index contributed by atoms with van der Waals surface area (Å²) in [6.07, 6.45) is 3.78. The van der Waals surface area contributed by atoms with Crippen LogP contribution in [0.3, 0.4) is 0 Å². The molecule has 1 amide bonds. The molecule has 0 unspecified atom stereocenters.